The van der Waals surface area contributed by atoms with Gasteiger partial charge in [-0.2, -0.15) is 0 Å². The summed E-state index contributed by atoms with van der Waals surface area (Å²) >= 11 is 0. The van der Waals surface area contributed by atoms with Crippen LogP contribution in [0.2, 0.25) is 0 Å². The van der Waals surface area contributed by atoms with Crippen molar-refractivity contribution in [2.75, 3.05) is 19.6 Å². The summed E-state index contributed by atoms with van der Waals surface area (Å²) in [6, 6.07) is 0. The Bertz CT molecular complexity index is 393. The quantitative estimate of drug-likeness (QED) is 0.820. The molecule has 0 aromatic heterocycles. The molecular weight excluding hydrogens is 260 g/mol. The van der Waals surface area contributed by atoms with Crippen molar-refractivity contribution in [2.24, 2.45) is 0 Å². The molecule has 0 aliphatic carbocycles. The van der Waals surface area contributed by atoms with E-state index in [2.05, 4.69) is 0 Å². The maximum Gasteiger partial charge on any atom is 0.329 e. The Morgan fingerprint density at radius 1 is 1.30 bits per heavy atom. The molecule has 2 amide bonds. The number of nitrogens with zero attached hydrogens (tertiary/aromatic N) is 2. The first-order valence-electron chi connectivity index (χ1n) is 7.12. The number of rotatable bonds is 5. The average molecular weight is 284 g/mol. The molecular formula is C14H24N2O4. The molecule has 0 aromatic rings. The van der Waals surface area contributed by atoms with E-state index in [0.717, 1.165) is 19.3 Å². The fraction of sp³-hybridized carbons (Fsp3) is 0.786. The van der Waals surface area contributed by atoms with E-state index in [9.17, 15) is 19.5 Å². The highest BCUT2D eigenvalue weighted by Gasteiger charge is 2.37. The zero-order valence-corrected chi connectivity index (χ0v) is 12.5. The molecule has 1 rings (SSSR count). The molecule has 1 heterocycles. The van der Waals surface area contributed by atoms with Gasteiger partial charge in [-0.3, -0.25) is 9.59 Å². The van der Waals surface area contributed by atoms with Crippen LogP contribution in [0.4, 0.5) is 0 Å². The van der Waals surface area contributed by atoms with Crippen molar-refractivity contribution in [1.29, 1.82) is 0 Å². The Morgan fingerprint density at radius 2 is 1.95 bits per heavy atom. The second-order valence-corrected chi connectivity index (χ2v) is 5.63. The van der Waals surface area contributed by atoms with E-state index in [1.54, 1.807) is 11.8 Å². The number of hydrogen-bond acceptors (Lipinski definition) is 3. The third-order valence-electron chi connectivity index (χ3n) is 3.81. The summed E-state index contributed by atoms with van der Waals surface area (Å²) in [7, 11) is 0. The predicted molar refractivity (Wildman–Crippen MR) is 74.1 cm³/mol. The van der Waals surface area contributed by atoms with Crippen molar-refractivity contribution < 1.29 is 19.5 Å². The highest BCUT2D eigenvalue weighted by Crippen LogP contribution is 2.17. The first-order valence-corrected chi connectivity index (χ1v) is 7.12. The number of carbonyl (C=O) groups excluding carboxylic acids is 2. The van der Waals surface area contributed by atoms with Crippen LogP contribution in [0.25, 0.3) is 0 Å². The van der Waals surface area contributed by atoms with Gasteiger partial charge in [-0.05, 0) is 33.6 Å². The summed E-state index contributed by atoms with van der Waals surface area (Å²) in [6.07, 6.45) is 3.23. The van der Waals surface area contributed by atoms with Gasteiger partial charge in [0.05, 0.1) is 6.54 Å². The van der Waals surface area contributed by atoms with Gasteiger partial charge in [-0.1, -0.05) is 6.42 Å². The van der Waals surface area contributed by atoms with Gasteiger partial charge >= 0.3 is 5.97 Å². The van der Waals surface area contributed by atoms with E-state index in [1.165, 1.54) is 18.7 Å². The summed E-state index contributed by atoms with van der Waals surface area (Å²) in [6.45, 7) is 5.61. The third-order valence-corrected chi connectivity index (χ3v) is 3.81. The maximum absolute atomic E-state index is 12.3. The molecule has 20 heavy (non-hydrogen) atoms. The highest BCUT2D eigenvalue weighted by atomic mass is 16.4. The number of carboxylic acid groups (broad SMARTS) is 1. The van der Waals surface area contributed by atoms with Gasteiger partial charge in [-0.25, -0.2) is 4.79 Å². The van der Waals surface area contributed by atoms with E-state index in [0.29, 0.717) is 19.5 Å². The van der Waals surface area contributed by atoms with Crippen LogP contribution in [0.15, 0.2) is 0 Å². The molecule has 0 spiro atoms. The summed E-state index contributed by atoms with van der Waals surface area (Å²) in [5, 5.41) is 9.22. The minimum absolute atomic E-state index is 0.0139. The van der Waals surface area contributed by atoms with Gasteiger partial charge in [0.15, 0.2) is 0 Å². The first-order chi connectivity index (χ1) is 9.30. The maximum atomic E-state index is 12.3. The predicted octanol–water partition coefficient (Wildman–Crippen LogP) is 1.10. The molecule has 1 aliphatic heterocycles. The van der Waals surface area contributed by atoms with Crippen molar-refractivity contribution in [2.45, 2.75) is 52.0 Å². The number of aliphatic carboxylic acids is 1. The molecule has 0 saturated carbocycles. The van der Waals surface area contributed by atoms with Crippen molar-refractivity contribution in [1.82, 2.24) is 9.80 Å². The Kier molecular flexibility index (Phi) is 5.53. The normalized spacial score (nSPS) is 16.8. The van der Waals surface area contributed by atoms with E-state index in [4.69, 9.17) is 0 Å². The number of likely N-dealkylation sites (N-methyl/N-ethyl adjacent to an activating group) is 1. The first kappa shape index (κ1) is 16.5. The smallest absolute Gasteiger partial charge is 0.329 e. The van der Waals surface area contributed by atoms with Crippen molar-refractivity contribution >= 4 is 17.8 Å². The lowest BCUT2D eigenvalue weighted by molar-refractivity contribution is -0.157. The van der Waals surface area contributed by atoms with E-state index in [-0.39, 0.29) is 18.4 Å². The van der Waals surface area contributed by atoms with E-state index < -0.39 is 11.5 Å². The lowest BCUT2D eigenvalue weighted by atomic mass is 10.0. The van der Waals surface area contributed by atoms with Gasteiger partial charge in [0, 0.05) is 19.5 Å². The fourth-order valence-electron chi connectivity index (χ4n) is 2.45. The van der Waals surface area contributed by atoms with Gasteiger partial charge in [-0.15, -0.1) is 0 Å². The van der Waals surface area contributed by atoms with Crippen LogP contribution in [-0.4, -0.2) is 57.9 Å². The van der Waals surface area contributed by atoms with Crippen LogP contribution in [0.5, 0.6) is 0 Å². The molecule has 1 aliphatic rings. The number of amides is 2. The van der Waals surface area contributed by atoms with Crippen molar-refractivity contribution in [3.05, 3.63) is 0 Å². The molecule has 6 nitrogen and oxygen atoms in total. The monoisotopic (exact) mass is 284 g/mol. The standard InChI is InChI=1S/C14H24N2O4/c1-4-16(14(2,3)13(19)20)12(18)10-15-9-7-5-6-8-11(15)17/h4-10H2,1-3H3,(H,19,20). The zero-order valence-electron chi connectivity index (χ0n) is 12.5. The second kappa shape index (κ2) is 6.72. The minimum Gasteiger partial charge on any atom is -0.480 e. The molecule has 0 bridgehead atoms. The largest absolute Gasteiger partial charge is 0.480 e. The number of likely N-dealkylation sites (tertiary alicyclic amines) is 1. The Labute approximate surface area is 119 Å². The van der Waals surface area contributed by atoms with Crippen LogP contribution >= 0.6 is 0 Å². The minimum atomic E-state index is -1.26. The van der Waals surface area contributed by atoms with Crippen LogP contribution in [0, 0.1) is 0 Å². The Morgan fingerprint density at radius 3 is 2.50 bits per heavy atom. The molecule has 1 saturated heterocycles. The average Bonchev–Trinajstić information content (AvgIpc) is 2.55. The van der Waals surface area contributed by atoms with E-state index >= 15 is 0 Å². The summed E-state index contributed by atoms with van der Waals surface area (Å²) in [5.74, 6) is -1.37. The van der Waals surface area contributed by atoms with Crippen LogP contribution in [-0.2, 0) is 14.4 Å². The summed E-state index contributed by atoms with van der Waals surface area (Å²) < 4.78 is 0. The molecule has 114 valence electrons. The van der Waals surface area contributed by atoms with Gasteiger partial charge in [0.2, 0.25) is 11.8 Å². The number of carbonyl (C=O) groups is 3. The molecule has 0 radical (unpaired) electrons. The molecule has 6 heteroatoms. The Balaban J connectivity index is 2.77. The van der Waals surface area contributed by atoms with Crippen LogP contribution in [0.1, 0.15) is 46.5 Å². The summed E-state index contributed by atoms with van der Waals surface area (Å²) in [5.41, 5.74) is -1.26. The van der Waals surface area contributed by atoms with Crippen molar-refractivity contribution in [3.8, 4) is 0 Å². The zero-order chi connectivity index (χ0) is 15.3. The molecule has 0 atom stereocenters. The number of carboxylic acids is 1. The molecule has 0 aromatic carbocycles. The molecule has 1 N–H and O–H groups in total. The Hall–Kier alpha value is -1.59. The van der Waals surface area contributed by atoms with Crippen LogP contribution < -0.4 is 0 Å². The lowest BCUT2D eigenvalue weighted by Gasteiger charge is -2.35. The topological polar surface area (TPSA) is 77.9 Å². The highest BCUT2D eigenvalue weighted by molar-refractivity contribution is 5.89. The van der Waals surface area contributed by atoms with Crippen LogP contribution in [0.3, 0.4) is 0 Å². The fourth-order valence-corrected chi connectivity index (χ4v) is 2.45. The van der Waals surface area contributed by atoms with E-state index in [1.807, 2.05) is 0 Å². The summed E-state index contributed by atoms with van der Waals surface area (Å²) in [4.78, 5) is 38.3. The van der Waals surface area contributed by atoms with Crippen molar-refractivity contribution in [3.63, 3.8) is 0 Å². The van der Waals surface area contributed by atoms with Gasteiger partial charge in [0.25, 0.3) is 0 Å². The van der Waals surface area contributed by atoms with Gasteiger partial charge < -0.3 is 14.9 Å². The third kappa shape index (κ3) is 3.71. The SMILES string of the molecule is CCN(C(=O)CN1CCCCCC1=O)C(C)(C)C(=O)O. The second-order valence-electron chi connectivity index (χ2n) is 5.63. The lowest BCUT2D eigenvalue weighted by Crippen LogP contribution is -2.55. The molecule has 1 fully saturated rings. The molecule has 0 unspecified atom stereocenters. The van der Waals surface area contributed by atoms with Gasteiger partial charge in [0.1, 0.15) is 5.54 Å². The number of hydrogen-bond donors (Lipinski definition) is 1.